The van der Waals surface area contributed by atoms with E-state index in [4.69, 9.17) is 0 Å². The van der Waals surface area contributed by atoms with Gasteiger partial charge in [-0.2, -0.15) is 0 Å². The SMILES string of the molecule is CC(=O)NCCCCCCNc1cccc(C(=O)Nc2nc(C)c(C)s2)c1C. The van der Waals surface area contributed by atoms with Gasteiger partial charge in [0.25, 0.3) is 5.91 Å². The standard InChI is InChI=1S/C21H30N4O2S/c1-14-18(20(27)25-21-24-15(2)16(3)28-21)10-9-11-19(14)23-13-8-6-5-7-12-22-17(4)26/h9-11,23H,5-8,12-13H2,1-4H3,(H,22,26)(H,24,25,27). The fourth-order valence-corrected chi connectivity index (χ4v) is 3.66. The van der Waals surface area contributed by atoms with Gasteiger partial charge in [-0.05, 0) is 51.3 Å². The predicted molar refractivity (Wildman–Crippen MR) is 116 cm³/mol. The van der Waals surface area contributed by atoms with Crippen molar-refractivity contribution < 1.29 is 9.59 Å². The fourth-order valence-electron chi connectivity index (χ4n) is 2.85. The van der Waals surface area contributed by atoms with Crippen molar-refractivity contribution in [1.82, 2.24) is 10.3 Å². The van der Waals surface area contributed by atoms with Crippen LogP contribution in [0.3, 0.4) is 0 Å². The summed E-state index contributed by atoms with van der Waals surface area (Å²) in [6.07, 6.45) is 4.25. The molecule has 0 radical (unpaired) electrons. The van der Waals surface area contributed by atoms with Crippen molar-refractivity contribution in [3.05, 3.63) is 39.9 Å². The zero-order chi connectivity index (χ0) is 20.5. The van der Waals surface area contributed by atoms with Crippen LogP contribution in [0.4, 0.5) is 10.8 Å². The van der Waals surface area contributed by atoms with Gasteiger partial charge < -0.3 is 10.6 Å². The van der Waals surface area contributed by atoms with Crippen molar-refractivity contribution in [2.45, 2.75) is 53.4 Å². The third-order valence-corrected chi connectivity index (χ3v) is 5.61. The summed E-state index contributed by atoms with van der Waals surface area (Å²) in [5.74, 6) is -0.103. The molecule has 0 spiro atoms. The highest BCUT2D eigenvalue weighted by molar-refractivity contribution is 7.15. The largest absolute Gasteiger partial charge is 0.385 e. The number of unbranched alkanes of at least 4 members (excludes halogenated alkanes) is 3. The van der Waals surface area contributed by atoms with Crippen LogP contribution in [0.15, 0.2) is 18.2 Å². The van der Waals surface area contributed by atoms with Crippen LogP contribution < -0.4 is 16.0 Å². The summed E-state index contributed by atoms with van der Waals surface area (Å²) in [5.41, 5.74) is 3.53. The number of nitrogens with one attached hydrogen (secondary N) is 3. The number of aromatic nitrogens is 1. The summed E-state index contributed by atoms with van der Waals surface area (Å²) in [5, 5.41) is 9.78. The van der Waals surface area contributed by atoms with Gasteiger partial charge in [-0.25, -0.2) is 4.98 Å². The Morgan fingerprint density at radius 3 is 2.39 bits per heavy atom. The molecule has 1 aromatic heterocycles. The molecule has 2 amide bonds. The van der Waals surface area contributed by atoms with Gasteiger partial charge in [0.05, 0.1) is 5.69 Å². The molecule has 0 aliphatic heterocycles. The minimum absolute atomic E-state index is 0.0289. The Kier molecular flexibility index (Phi) is 8.44. The second-order valence-corrected chi connectivity index (χ2v) is 8.12. The number of amides is 2. The molecule has 0 atom stereocenters. The third kappa shape index (κ3) is 6.64. The lowest BCUT2D eigenvalue weighted by Gasteiger charge is -2.13. The Balaban J connectivity index is 1.81. The average Bonchev–Trinajstić information content (AvgIpc) is 2.95. The van der Waals surface area contributed by atoms with Crippen LogP contribution in [0.2, 0.25) is 0 Å². The molecule has 1 aromatic carbocycles. The maximum absolute atomic E-state index is 12.6. The van der Waals surface area contributed by atoms with Crippen molar-refractivity contribution in [1.29, 1.82) is 0 Å². The molecule has 28 heavy (non-hydrogen) atoms. The van der Waals surface area contributed by atoms with Gasteiger partial charge in [-0.3, -0.25) is 14.9 Å². The van der Waals surface area contributed by atoms with E-state index in [2.05, 4.69) is 20.9 Å². The van der Waals surface area contributed by atoms with Gasteiger partial charge in [0.2, 0.25) is 5.91 Å². The molecule has 0 fully saturated rings. The van der Waals surface area contributed by atoms with Crippen LogP contribution in [0.5, 0.6) is 0 Å². The number of rotatable bonds is 10. The maximum Gasteiger partial charge on any atom is 0.257 e. The highest BCUT2D eigenvalue weighted by Crippen LogP contribution is 2.24. The quantitative estimate of drug-likeness (QED) is 0.514. The molecule has 6 nitrogen and oxygen atoms in total. The van der Waals surface area contributed by atoms with Crippen LogP contribution in [-0.4, -0.2) is 29.9 Å². The number of thiazole rings is 1. The second kappa shape index (κ2) is 10.8. The molecular weight excluding hydrogens is 372 g/mol. The molecule has 0 saturated heterocycles. The summed E-state index contributed by atoms with van der Waals surface area (Å²) in [6, 6.07) is 5.74. The monoisotopic (exact) mass is 402 g/mol. The van der Waals surface area contributed by atoms with E-state index in [0.717, 1.165) is 60.6 Å². The molecule has 1 heterocycles. The van der Waals surface area contributed by atoms with Crippen LogP contribution in [0, 0.1) is 20.8 Å². The van der Waals surface area contributed by atoms with Crippen LogP contribution >= 0.6 is 11.3 Å². The molecule has 0 saturated carbocycles. The molecule has 2 aromatic rings. The number of benzene rings is 1. The fraction of sp³-hybridized carbons (Fsp3) is 0.476. The van der Waals surface area contributed by atoms with Gasteiger partial charge in [0.15, 0.2) is 5.13 Å². The van der Waals surface area contributed by atoms with Crippen molar-refractivity contribution in [2.24, 2.45) is 0 Å². The number of aryl methyl sites for hydroxylation is 2. The normalized spacial score (nSPS) is 10.6. The van der Waals surface area contributed by atoms with E-state index in [9.17, 15) is 9.59 Å². The van der Waals surface area contributed by atoms with Crippen LogP contribution in [0.1, 0.15) is 59.1 Å². The number of anilines is 2. The zero-order valence-electron chi connectivity index (χ0n) is 17.1. The van der Waals surface area contributed by atoms with Crippen molar-refractivity contribution in [3.8, 4) is 0 Å². The first-order chi connectivity index (χ1) is 13.4. The minimum Gasteiger partial charge on any atom is -0.385 e. The molecule has 0 aliphatic rings. The van der Waals surface area contributed by atoms with E-state index in [1.165, 1.54) is 11.3 Å². The summed E-state index contributed by atoms with van der Waals surface area (Å²) >= 11 is 1.49. The summed E-state index contributed by atoms with van der Waals surface area (Å²) < 4.78 is 0. The minimum atomic E-state index is -0.132. The molecule has 3 N–H and O–H groups in total. The van der Waals surface area contributed by atoms with Gasteiger partial charge in [0, 0.05) is 36.1 Å². The maximum atomic E-state index is 12.6. The Bertz CT molecular complexity index is 797. The smallest absolute Gasteiger partial charge is 0.257 e. The molecule has 0 bridgehead atoms. The van der Waals surface area contributed by atoms with Gasteiger partial charge in [-0.15, -0.1) is 11.3 Å². The van der Waals surface area contributed by atoms with Crippen molar-refractivity contribution in [2.75, 3.05) is 23.7 Å². The third-order valence-electron chi connectivity index (χ3n) is 4.62. The molecule has 0 unspecified atom stereocenters. The molecule has 152 valence electrons. The van der Waals surface area contributed by atoms with E-state index >= 15 is 0 Å². The number of hydrogen-bond donors (Lipinski definition) is 3. The van der Waals surface area contributed by atoms with Crippen LogP contribution in [-0.2, 0) is 4.79 Å². The lowest BCUT2D eigenvalue weighted by atomic mass is 10.1. The Hall–Kier alpha value is -2.41. The highest BCUT2D eigenvalue weighted by Gasteiger charge is 2.14. The number of carbonyl (C=O) groups is 2. The van der Waals surface area contributed by atoms with Crippen molar-refractivity contribution in [3.63, 3.8) is 0 Å². The first kappa shape index (κ1) is 21.9. The second-order valence-electron chi connectivity index (χ2n) is 6.92. The lowest BCUT2D eigenvalue weighted by Crippen LogP contribution is -2.20. The van der Waals surface area contributed by atoms with Gasteiger partial charge >= 0.3 is 0 Å². The number of nitrogens with zero attached hydrogens (tertiary/aromatic N) is 1. The summed E-state index contributed by atoms with van der Waals surface area (Å²) in [4.78, 5) is 28.9. The average molecular weight is 403 g/mol. The Morgan fingerprint density at radius 2 is 1.75 bits per heavy atom. The van der Waals surface area contributed by atoms with E-state index in [0.29, 0.717) is 10.7 Å². The molecular formula is C21H30N4O2S. The lowest BCUT2D eigenvalue weighted by molar-refractivity contribution is -0.118. The highest BCUT2D eigenvalue weighted by atomic mass is 32.1. The van der Waals surface area contributed by atoms with E-state index in [-0.39, 0.29) is 11.8 Å². The van der Waals surface area contributed by atoms with E-state index < -0.39 is 0 Å². The van der Waals surface area contributed by atoms with Crippen molar-refractivity contribution >= 4 is 34.0 Å². The molecule has 0 aliphatic carbocycles. The Labute approximate surface area is 171 Å². The van der Waals surface area contributed by atoms with Crippen LogP contribution in [0.25, 0.3) is 0 Å². The number of hydrogen-bond acceptors (Lipinski definition) is 5. The van der Waals surface area contributed by atoms with E-state index in [1.54, 1.807) is 6.92 Å². The van der Waals surface area contributed by atoms with E-state index in [1.807, 2.05) is 39.0 Å². The zero-order valence-corrected chi connectivity index (χ0v) is 18.0. The molecule has 7 heteroatoms. The Morgan fingerprint density at radius 1 is 1.04 bits per heavy atom. The van der Waals surface area contributed by atoms with Gasteiger partial charge in [0.1, 0.15) is 0 Å². The first-order valence-electron chi connectivity index (χ1n) is 9.71. The molecule has 2 rings (SSSR count). The number of carbonyl (C=O) groups excluding carboxylic acids is 2. The first-order valence-corrected chi connectivity index (χ1v) is 10.5. The topological polar surface area (TPSA) is 83.1 Å². The van der Waals surface area contributed by atoms with Gasteiger partial charge in [-0.1, -0.05) is 18.9 Å². The predicted octanol–water partition coefficient (Wildman–Crippen LogP) is 4.43. The summed E-state index contributed by atoms with van der Waals surface area (Å²) in [7, 11) is 0. The summed E-state index contributed by atoms with van der Waals surface area (Å²) in [6.45, 7) is 9.05.